The van der Waals surface area contributed by atoms with Crippen LogP contribution in [0.25, 0.3) is 11.0 Å². The van der Waals surface area contributed by atoms with Gasteiger partial charge in [-0.15, -0.1) is 24.0 Å². The molecule has 0 aliphatic heterocycles. The molecular formula is C14H20IN3O. The van der Waals surface area contributed by atoms with E-state index in [9.17, 15) is 0 Å². The summed E-state index contributed by atoms with van der Waals surface area (Å²) in [7, 11) is 0. The maximum Gasteiger partial charge on any atom is 0.188 e. The van der Waals surface area contributed by atoms with Crippen molar-refractivity contribution in [3.8, 4) is 0 Å². The lowest BCUT2D eigenvalue weighted by molar-refractivity contribution is 0.550. The predicted octanol–water partition coefficient (Wildman–Crippen LogP) is 2.91. The number of nitrogens with zero attached hydrogens (tertiary/aromatic N) is 1. The summed E-state index contributed by atoms with van der Waals surface area (Å²) in [6.07, 6.45) is 0.759. The second kappa shape index (κ2) is 7.37. The quantitative estimate of drug-likeness (QED) is 0.492. The molecule has 0 fully saturated rings. The molecule has 0 saturated heterocycles. The number of benzene rings is 1. The predicted molar refractivity (Wildman–Crippen MR) is 90.1 cm³/mol. The molecule has 0 radical (unpaired) electrons. The highest BCUT2D eigenvalue weighted by Crippen LogP contribution is 2.18. The maximum atomic E-state index is 5.72. The van der Waals surface area contributed by atoms with Crippen molar-refractivity contribution in [1.82, 2.24) is 5.32 Å². The number of hydrogen-bond donors (Lipinski definition) is 2. The average Bonchev–Trinajstić information content (AvgIpc) is 2.70. The zero-order valence-corrected chi connectivity index (χ0v) is 13.5. The van der Waals surface area contributed by atoms with Crippen LogP contribution in [-0.2, 0) is 6.42 Å². The Morgan fingerprint density at radius 3 is 2.79 bits per heavy atom. The number of nitrogens with one attached hydrogen (secondary N) is 1. The fourth-order valence-electron chi connectivity index (χ4n) is 1.79. The van der Waals surface area contributed by atoms with Gasteiger partial charge in [-0.3, -0.25) is 4.99 Å². The monoisotopic (exact) mass is 373 g/mol. The average molecular weight is 373 g/mol. The van der Waals surface area contributed by atoms with Gasteiger partial charge in [0.1, 0.15) is 11.3 Å². The molecule has 2 aromatic rings. The van der Waals surface area contributed by atoms with Crippen LogP contribution in [0.3, 0.4) is 0 Å². The van der Waals surface area contributed by atoms with E-state index in [-0.39, 0.29) is 24.0 Å². The van der Waals surface area contributed by atoms with Gasteiger partial charge >= 0.3 is 0 Å². The van der Waals surface area contributed by atoms with E-state index in [1.54, 1.807) is 0 Å². The van der Waals surface area contributed by atoms with Crippen LogP contribution in [0.5, 0.6) is 0 Å². The van der Waals surface area contributed by atoms with Crippen LogP contribution in [0, 0.1) is 0 Å². The summed E-state index contributed by atoms with van der Waals surface area (Å²) in [6.45, 7) is 4.69. The molecule has 5 heteroatoms. The molecule has 2 rings (SSSR count). The Labute approximate surface area is 130 Å². The number of nitrogens with two attached hydrogens (primary N) is 1. The zero-order chi connectivity index (χ0) is 13.0. The highest BCUT2D eigenvalue weighted by atomic mass is 127. The lowest BCUT2D eigenvalue weighted by Gasteiger charge is -2.07. The third-order valence-electron chi connectivity index (χ3n) is 2.55. The van der Waals surface area contributed by atoms with Gasteiger partial charge in [-0.05, 0) is 26.0 Å². The minimum atomic E-state index is 0. The van der Waals surface area contributed by atoms with Crippen molar-refractivity contribution in [2.75, 3.05) is 6.54 Å². The number of halogens is 1. The Bertz CT molecular complexity index is 515. The van der Waals surface area contributed by atoms with Gasteiger partial charge in [-0.2, -0.15) is 0 Å². The van der Waals surface area contributed by atoms with Gasteiger partial charge in [0.15, 0.2) is 5.96 Å². The Morgan fingerprint density at radius 2 is 2.11 bits per heavy atom. The summed E-state index contributed by atoms with van der Waals surface area (Å²) >= 11 is 0. The molecule has 3 N–H and O–H groups in total. The van der Waals surface area contributed by atoms with Gasteiger partial charge in [-0.25, -0.2) is 0 Å². The molecule has 0 bridgehead atoms. The zero-order valence-electron chi connectivity index (χ0n) is 11.2. The standard InChI is InChI=1S/C14H19N3O.HI/c1-10(2)17-14(15)16-8-7-12-9-11-5-3-4-6-13(11)18-12;/h3-6,9-10H,7-8H2,1-2H3,(H3,15,16,17);1H. The molecule has 0 amide bonds. The third-order valence-corrected chi connectivity index (χ3v) is 2.55. The van der Waals surface area contributed by atoms with Crippen molar-refractivity contribution in [3.05, 3.63) is 36.1 Å². The molecule has 0 aliphatic rings. The molecule has 1 aromatic heterocycles. The molecule has 19 heavy (non-hydrogen) atoms. The van der Waals surface area contributed by atoms with Gasteiger partial charge in [0, 0.05) is 24.4 Å². The topological polar surface area (TPSA) is 63.5 Å². The van der Waals surface area contributed by atoms with Gasteiger partial charge in [0.2, 0.25) is 0 Å². The number of rotatable bonds is 4. The van der Waals surface area contributed by atoms with Crippen LogP contribution in [0.2, 0.25) is 0 Å². The van der Waals surface area contributed by atoms with E-state index in [4.69, 9.17) is 10.2 Å². The van der Waals surface area contributed by atoms with Gasteiger partial charge in [0.05, 0.1) is 0 Å². The van der Waals surface area contributed by atoms with E-state index >= 15 is 0 Å². The maximum absolute atomic E-state index is 5.72. The van der Waals surface area contributed by atoms with Gasteiger partial charge in [0.25, 0.3) is 0 Å². The molecule has 104 valence electrons. The first-order valence-corrected chi connectivity index (χ1v) is 6.19. The summed E-state index contributed by atoms with van der Waals surface area (Å²) in [5.74, 6) is 1.43. The third kappa shape index (κ3) is 4.74. The summed E-state index contributed by atoms with van der Waals surface area (Å²) < 4.78 is 5.70. The SMILES string of the molecule is CC(C)NC(N)=NCCc1cc2ccccc2o1.I. The van der Waals surface area contributed by atoms with Crippen LogP contribution in [0.15, 0.2) is 39.7 Å². The van der Waals surface area contributed by atoms with Crippen molar-refractivity contribution in [3.63, 3.8) is 0 Å². The molecular weight excluding hydrogens is 353 g/mol. The van der Waals surface area contributed by atoms with Crippen molar-refractivity contribution < 1.29 is 4.42 Å². The Hall–Kier alpha value is -1.24. The van der Waals surface area contributed by atoms with Crippen molar-refractivity contribution in [2.24, 2.45) is 10.7 Å². The normalized spacial score (nSPS) is 11.6. The number of hydrogen-bond acceptors (Lipinski definition) is 2. The molecule has 1 aromatic carbocycles. The Kier molecular flexibility index (Phi) is 6.14. The molecule has 0 atom stereocenters. The first kappa shape index (κ1) is 15.8. The fraction of sp³-hybridized carbons (Fsp3) is 0.357. The van der Waals surface area contributed by atoms with Gasteiger partial charge in [-0.1, -0.05) is 18.2 Å². The molecule has 0 spiro atoms. The van der Waals surface area contributed by atoms with Crippen LogP contribution in [0.4, 0.5) is 0 Å². The molecule has 4 nitrogen and oxygen atoms in total. The Morgan fingerprint density at radius 1 is 1.37 bits per heavy atom. The lowest BCUT2D eigenvalue weighted by atomic mass is 10.2. The lowest BCUT2D eigenvalue weighted by Crippen LogP contribution is -2.36. The molecule has 1 heterocycles. The van der Waals surface area contributed by atoms with E-state index in [1.807, 2.05) is 38.1 Å². The molecule has 0 aliphatic carbocycles. The molecule has 0 saturated carbocycles. The number of fused-ring (bicyclic) bond motifs is 1. The highest BCUT2D eigenvalue weighted by Gasteiger charge is 2.02. The number of guanidine groups is 1. The van der Waals surface area contributed by atoms with Crippen LogP contribution >= 0.6 is 24.0 Å². The second-order valence-electron chi connectivity index (χ2n) is 4.57. The van der Waals surface area contributed by atoms with Gasteiger partial charge < -0.3 is 15.5 Å². The summed E-state index contributed by atoms with van der Waals surface area (Å²) in [4.78, 5) is 4.25. The molecule has 0 unspecified atom stereocenters. The number of aliphatic imine (C=N–C) groups is 1. The van der Waals surface area contributed by atoms with E-state index in [0.29, 0.717) is 18.5 Å². The van der Waals surface area contributed by atoms with Crippen molar-refractivity contribution in [2.45, 2.75) is 26.3 Å². The first-order chi connectivity index (χ1) is 8.65. The van der Waals surface area contributed by atoms with Crippen LogP contribution < -0.4 is 11.1 Å². The number of para-hydroxylation sites is 1. The summed E-state index contributed by atoms with van der Waals surface area (Å²) in [5.41, 5.74) is 6.64. The van der Waals surface area contributed by atoms with E-state index in [0.717, 1.165) is 23.2 Å². The summed E-state index contributed by atoms with van der Waals surface area (Å²) in [6, 6.07) is 10.3. The summed E-state index contributed by atoms with van der Waals surface area (Å²) in [5, 5.41) is 4.18. The Balaban J connectivity index is 0.00000180. The minimum Gasteiger partial charge on any atom is -0.461 e. The van der Waals surface area contributed by atoms with E-state index in [1.165, 1.54) is 0 Å². The van der Waals surface area contributed by atoms with Crippen LogP contribution in [-0.4, -0.2) is 18.5 Å². The van der Waals surface area contributed by atoms with E-state index < -0.39 is 0 Å². The second-order valence-corrected chi connectivity index (χ2v) is 4.57. The first-order valence-electron chi connectivity index (χ1n) is 6.19. The van der Waals surface area contributed by atoms with E-state index in [2.05, 4.69) is 16.4 Å². The van der Waals surface area contributed by atoms with Crippen molar-refractivity contribution >= 4 is 40.9 Å². The highest BCUT2D eigenvalue weighted by molar-refractivity contribution is 14.0. The fourth-order valence-corrected chi connectivity index (χ4v) is 1.79. The van der Waals surface area contributed by atoms with Crippen molar-refractivity contribution in [1.29, 1.82) is 0 Å². The smallest absolute Gasteiger partial charge is 0.188 e. The minimum absolute atomic E-state index is 0. The van der Waals surface area contributed by atoms with Crippen LogP contribution in [0.1, 0.15) is 19.6 Å². The number of furan rings is 1. The largest absolute Gasteiger partial charge is 0.461 e.